The molecule has 2 atom stereocenters. The lowest BCUT2D eigenvalue weighted by molar-refractivity contribution is -0.142. The number of primary amides is 1. The van der Waals surface area contributed by atoms with E-state index in [1.54, 1.807) is 24.3 Å². The highest BCUT2D eigenvalue weighted by Crippen LogP contribution is 2.30. The number of carbonyl (C=O) groups excluding carboxylic acids is 5. The molecule has 11 heteroatoms. The molecule has 11 nitrogen and oxygen atoms in total. The summed E-state index contributed by atoms with van der Waals surface area (Å²) in [6, 6.07) is 4.53. The largest absolute Gasteiger partial charge is 0.497 e. The Hall–Kier alpha value is -3.63. The summed E-state index contributed by atoms with van der Waals surface area (Å²) in [7, 11) is 1.53. The smallest absolute Gasteiger partial charge is 0.315 e. The number of carbonyl (C=O) groups is 5. The average Bonchev–Trinajstić information content (AvgIpc) is 2.80. The van der Waals surface area contributed by atoms with Crippen molar-refractivity contribution < 1.29 is 28.7 Å². The monoisotopic (exact) mass is 559 g/mol. The van der Waals surface area contributed by atoms with Crippen LogP contribution in [0.1, 0.15) is 72.8 Å². The van der Waals surface area contributed by atoms with E-state index in [2.05, 4.69) is 16.0 Å². The lowest BCUT2D eigenvalue weighted by atomic mass is 9.80. The van der Waals surface area contributed by atoms with Crippen LogP contribution in [0.15, 0.2) is 24.3 Å². The lowest BCUT2D eigenvalue weighted by Gasteiger charge is -2.36. The summed E-state index contributed by atoms with van der Waals surface area (Å²) >= 11 is 0. The Bertz CT molecular complexity index is 1090. The van der Waals surface area contributed by atoms with Gasteiger partial charge in [-0.25, -0.2) is 4.79 Å². The van der Waals surface area contributed by atoms with Gasteiger partial charge in [0.05, 0.1) is 19.7 Å². The number of nitrogens with zero attached hydrogens (tertiary/aromatic N) is 1. The molecule has 0 saturated heterocycles. The van der Waals surface area contributed by atoms with Gasteiger partial charge in [0.2, 0.25) is 17.6 Å². The number of benzene rings is 1. The van der Waals surface area contributed by atoms with Crippen LogP contribution in [0.2, 0.25) is 0 Å². The van der Waals surface area contributed by atoms with Gasteiger partial charge in [-0.1, -0.05) is 52.2 Å². The van der Waals surface area contributed by atoms with E-state index in [1.165, 1.54) is 12.0 Å². The molecule has 40 heavy (non-hydrogen) atoms. The second-order valence-corrected chi connectivity index (χ2v) is 12.6. The minimum atomic E-state index is -1.12. The summed E-state index contributed by atoms with van der Waals surface area (Å²) in [5.74, 6) is -2.26. The molecule has 0 aromatic heterocycles. The van der Waals surface area contributed by atoms with Gasteiger partial charge in [-0.15, -0.1) is 0 Å². The quantitative estimate of drug-likeness (QED) is 0.287. The van der Waals surface area contributed by atoms with Gasteiger partial charge in [-0.3, -0.25) is 19.2 Å². The molecule has 2 rings (SSSR count). The Morgan fingerprint density at radius 2 is 1.70 bits per heavy atom. The number of nitrogens with one attached hydrogen (secondary N) is 3. The first kappa shape index (κ1) is 32.6. The third kappa shape index (κ3) is 10.2. The second kappa shape index (κ2) is 13.6. The van der Waals surface area contributed by atoms with Crippen LogP contribution in [0.4, 0.5) is 4.79 Å². The number of hydrogen-bond acceptors (Lipinski definition) is 6. The van der Waals surface area contributed by atoms with Crippen molar-refractivity contribution in [2.75, 3.05) is 13.7 Å². The van der Waals surface area contributed by atoms with Crippen molar-refractivity contribution in [3.05, 3.63) is 29.8 Å². The van der Waals surface area contributed by atoms with Gasteiger partial charge in [0.15, 0.2) is 0 Å². The molecule has 5 N–H and O–H groups in total. The number of ketones is 1. The molecule has 1 unspecified atom stereocenters. The van der Waals surface area contributed by atoms with E-state index >= 15 is 0 Å². The number of hydrogen-bond donors (Lipinski definition) is 4. The molecule has 1 aliphatic carbocycles. The van der Waals surface area contributed by atoms with Gasteiger partial charge in [0.1, 0.15) is 11.8 Å². The van der Waals surface area contributed by atoms with Crippen molar-refractivity contribution in [2.24, 2.45) is 17.1 Å². The van der Waals surface area contributed by atoms with E-state index in [-0.39, 0.29) is 12.5 Å². The van der Waals surface area contributed by atoms with Gasteiger partial charge >= 0.3 is 6.03 Å². The van der Waals surface area contributed by atoms with E-state index in [1.807, 2.05) is 41.5 Å². The number of Topliss-reactive ketones (excluding diaryl/α,β-unsaturated/α-hetero) is 1. The minimum Gasteiger partial charge on any atom is -0.497 e. The van der Waals surface area contributed by atoms with Gasteiger partial charge in [-0.05, 0) is 56.2 Å². The molecule has 0 radical (unpaired) electrons. The Kier molecular flexibility index (Phi) is 11.1. The zero-order valence-electron chi connectivity index (χ0n) is 24.8. The predicted octanol–water partition coefficient (Wildman–Crippen LogP) is 2.27. The number of amides is 5. The fourth-order valence-electron chi connectivity index (χ4n) is 4.42. The highest BCUT2D eigenvalue weighted by Gasteiger charge is 2.38. The number of nitrogens with two attached hydrogens (primary N) is 1. The Balaban J connectivity index is 2.34. The van der Waals surface area contributed by atoms with E-state index in [0.29, 0.717) is 17.7 Å². The number of ether oxygens (including phenoxy) is 1. The Labute approximate surface area is 236 Å². The normalized spacial score (nSPS) is 15.2. The van der Waals surface area contributed by atoms with Crippen molar-refractivity contribution in [2.45, 2.75) is 91.4 Å². The van der Waals surface area contributed by atoms with Crippen molar-refractivity contribution >= 4 is 29.5 Å². The standard InChI is InChI=1S/C29H45N5O6/c1-28(2,3)24(32-27(39)33-29(4,5)6)26(38)34(16-19-12-9-13-20(14-19)40-7)17-22(35)31-21(23(36)25(30)37)15-18-10-8-11-18/h9,12-14,18,21,24H,8,10-11,15-17H2,1-7H3,(H2,30,37)(H,31,35)(H2,32,33,39)/t21?,24-/m1/s1. The molecule has 0 heterocycles. The Morgan fingerprint density at radius 3 is 2.20 bits per heavy atom. The van der Waals surface area contributed by atoms with Crippen LogP contribution in [0.25, 0.3) is 0 Å². The third-order valence-corrected chi connectivity index (χ3v) is 6.72. The first-order chi connectivity index (χ1) is 18.5. The lowest BCUT2D eigenvalue weighted by Crippen LogP contribution is -2.59. The minimum absolute atomic E-state index is 0.0374. The van der Waals surface area contributed by atoms with Crippen molar-refractivity contribution in [3.63, 3.8) is 0 Å². The SMILES string of the molecule is COc1cccc(CN(CC(=O)NC(CC2CCC2)C(=O)C(N)=O)C(=O)[C@@H](NC(=O)NC(C)(C)C)C(C)(C)C)c1. The molecule has 5 amide bonds. The van der Waals surface area contributed by atoms with Gasteiger partial charge in [0.25, 0.3) is 5.91 Å². The van der Waals surface area contributed by atoms with Crippen LogP contribution in [0.3, 0.4) is 0 Å². The molecule has 1 saturated carbocycles. The molecule has 1 aliphatic rings. The highest BCUT2D eigenvalue weighted by atomic mass is 16.5. The summed E-state index contributed by atoms with van der Waals surface area (Å²) in [6.07, 6.45) is 3.17. The summed E-state index contributed by atoms with van der Waals surface area (Å²) in [4.78, 5) is 65.4. The van der Waals surface area contributed by atoms with Crippen molar-refractivity contribution in [1.29, 1.82) is 0 Å². The molecule has 1 aromatic carbocycles. The summed E-state index contributed by atoms with van der Waals surface area (Å²) in [5, 5.41) is 8.21. The van der Waals surface area contributed by atoms with Gasteiger partial charge in [0, 0.05) is 12.1 Å². The summed E-state index contributed by atoms with van der Waals surface area (Å²) < 4.78 is 5.30. The predicted molar refractivity (Wildman–Crippen MR) is 151 cm³/mol. The maximum Gasteiger partial charge on any atom is 0.315 e. The van der Waals surface area contributed by atoms with Gasteiger partial charge in [-0.2, -0.15) is 0 Å². The summed E-state index contributed by atoms with van der Waals surface area (Å²) in [5.41, 5.74) is 4.71. The maximum absolute atomic E-state index is 14.0. The number of methoxy groups -OCH3 is 1. The topological polar surface area (TPSA) is 160 Å². The molecule has 222 valence electrons. The van der Waals surface area contributed by atoms with E-state index in [4.69, 9.17) is 10.5 Å². The van der Waals surface area contributed by atoms with E-state index in [0.717, 1.165) is 19.3 Å². The molecule has 1 aromatic rings. The first-order valence-corrected chi connectivity index (χ1v) is 13.6. The zero-order chi connectivity index (χ0) is 30.3. The molecule has 0 bridgehead atoms. The second-order valence-electron chi connectivity index (χ2n) is 12.6. The number of urea groups is 1. The van der Waals surface area contributed by atoms with Crippen molar-refractivity contribution in [3.8, 4) is 5.75 Å². The van der Waals surface area contributed by atoms with Crippen LogP contribution in [-0.2, 0) is 25.7 Å². The molecule has 0 aliphatic heterocycles. The average molecular weight is 560 g/mol. The summed E-state index contributed by atoms with van der Waals surface area (Å²) in [6.45, 7) is 10.6. The van der Waals surface area contributed by atoms with Crippen LogP contribution in [0.5, 0.6) is 5.75 Å². The maximum atomic E-state index is 14.0. The number of rotatable bonds is 12. The highest BCUT2D eigenvalue weighted by molar-refractivity contribution is 6.37. The molecule has 1 fully saturated rings. The third-order valence-electron chi connectivity index (χ3n) is 6.72. The fraction of sp³-hybridized carbons (Fsp3) is 0.621. The van der Waals surface area contributed by atoms with Crippen LogP contribution >= 0.6 is 0 Å². The van der Waals surface area contributed by atoms with Crippen LogP contribution in [0, 0.1) is 11.3 Å². The van der Waals surface area contributed by atoms with E-state index in [9.17, 15) is 24.0 Å². The molecule has 0 spiro atoms. The van der Waals surface area contributed by atoms with Crippen molar-refractivity contribution in [1.82, 2.24) is 20.9 Å². The van der Waals surface area contributed by atoms with Crippen LogP contribution < -0.4 is 26.4 Å². The zero-order valence-corrected chi connectivity index (χ0v) is 24.8. The molecular formula is C29H45N5O6. The Morgan fingerprint density at radius 1 is 1.05 bits per heavy atom. The van der Waals surface area contributed by atoms with E-state index < -0.39 is 59.1 Å². The molecular weight excluding hydrogens is 514 g/mol. The fourth-order valence-corrected chi connectivity index (χ4v) is 4.42. The van der Waals surface area contributed by atoms with Crippen LogP contribution in [-0.4, -0.2) is 65.7 Å². The van der Waals surface area contributed by atoms with Gasteiger partial charge < -0.3 is 31.3 Å². The first-order valence-electron chi connectivity index (χ1n) is 13.6.